The summed E-state index contributed by atoms with van der Waals surface area (Å²) < 4.78 is 5.68. The van der Waals surface area contributed by atoms with Crippen molar-refractivity contribution in [2.24, 2.45) is 4.99 Å². The fourth-order valence-corrected chi connectivity index (χ4v) is 3.29. The Morgan fingerprint density at radius 2 is 1.92 bits per heavy atom. The molecular formula is C20H30N4OS. The number of aryl methyl sites for hydroxylation is 2. The molecule has 2 N–H and O–H groups in total. The van der Waals surface area contributed by atoms with Crippen molar-refractivity contribution in [3.8, 4) is 5.75 Å². The van der Waals surface area contributed by atoms with Gasteiger partial charge in [0.2, 0.25) is 0 Å². The number of aliphatic imine (C=N–C) groups is 1. The number of nitrogens with zero attached hydrogens (tertiary/aromatic N) is 2. The maximum Gasteiger partial charge on any atom is 0.191 e. The standard InChI is InChI=1S/C20H30N4OS/c1-6-21-20(23-13-19-24-15(4)16(5)26-19)22-12-11-17-7-9-18(10-8-17)25-14(2)3/h7-10,14H,6,11-13H2,1-5H3,(H2,21,22,23). The van der Waals surface area contributed by atoms with Crippen molar-refractivity contribution >= 4 is 17.3 Å². The van der Waals surface area contributed by atoms with Crippen LogP contribution in [0.3, 0.4) is 0 Å². The van der Waals surface area contributed by atoms with Gasteiger partial charge >= 0.3 is 0 Å². The second kappa shape index (κ2) is 10.2. The number of thiazole rings is 1. The van der Waals surface area contributed by atoms with Crippen molar-refractivity contribution in [2.75, 3.05) is 13.1 Å². The van der Waals surface area contributed by atoms with Crippen LogP contribution >= 0.6 is 11.3 Å². The van der Waals surface area contributed by atoms with E-state index in [0.717, 1.165) is 41.9 Å². The average Bonchev–Trinajstić information content (AvgIpc) is 2.92. The predicted octanol–water partition coefficient (Wildman–Crippen LogP) is 3.84. The zero-order chi connectivity index (χ0) is 18.9. The third-order valence-electron chi connectivity index (χ3n) is 3.79. The van der Waals surface area contributed by atoms with E-state index in [9.17, 15) is 0 Å². The molecule has 1 aromatic heterocycles. The first kappa shape index (κ1) is 20.2. The van der Waals surface area contributed by atoms with E-state index in [4.69, 9.17) is 4.74 Å². The number of hydrogen-bond acceptors (Lipinski definition) is 4. The number of nitrogens with one attached hydrogen (secondary N) is 2. The maximum absolute atomic E-state index is 5.68. The number of aromatic nitrogens is 1. The molecule has 0 amide bonds. The van der Waals surface area contributed by atoms with E-state index in [1.165, 1.54) is 10.4 Å². The van der Waals surface area contributed by atoms with Gasteiger partial charge in [0.25, 0.3) is 0 Å². The largest absolute Gasteiger partial charge is 0.491 e. The molecule has 0 atom stereocenters. The highest BCUT2D eigenvalue weighted by molar-refractivity contribution is 7.11. The summed E-state index contributed by atoms with van der Waals surface area (Å²) in [6.45, 7) is 12.6. The van der Waals surface area contributed by atoms with Crippen LogP contribution < -0.4 is 15.4 Å². The summed E-state index contributed by atoms with van der Waals surface area (Å²) >= 11 is 1.71. The van der Waals surface area contributed by atoms with Gasteiger partial charge in [0.1, 0.15) is 10.8 Å². The molecule has 0 saturated carbocycles. The lowest BCUT2D eigenvalue weighted by Crippen LogP contribution is -2.38. The van der Waals surface area contributed by atoms with E-state index >= 15 is 0 Å². The molecular weight excluding hydrogens is 344 g/mol. The molecule has 0 aliphatic heterocycles. The van der Waals surface area contributed by atoms with E-state index in [2.05, 4.69) is 46.6 Å². The monoisotopic (exact) mass is 374 g/mol. The molecule has 0 radical (unpaired) electrons. The third-order valence-corrected chi connectivity index (χ3v) is 4.85. The Morgan fingerprint density at radius 3 is 2.50 bits per heavy atom. The van der Waals surface area contributed by atoms with E-state index in [1.54, 1.807) is 11.3 Å². The van der Waals surface area contributed by atoms with Crippen LogP contribution in [0.2, 0.25) is 0 Å². The Kier molecular flexibility index (Phi) is 7.91. The van der Waals surface area contributed by atoms with Crippen LogP contribution in [-0.4, -0.2) is 30.1 Å². The van der Waals surface area contributed by atoms with Crippen LogP contribution in [0.1, 0.15) is 41.9 Å². The molecule has 26 heavy (non-hydrogen) atoms. The van der Waals surface area contributed by atoms with E-state index in [0.29, 0.717) is 6.54 Å². The van der Waals surface area contributed by atoms with E-state index in [1.807, 2.05) is 32.9 Å². The molecule has 0 fully saturated rings. The number of benzene rings is 1. The van der Waals surface area contributed by atoms with Crippen molar-refractivity contribution < 1.29 is 4.74 Å². The summed E-state index contributed by atoms with van der Waals surface area (Å²) in [4.78, 5) is 10.4. The highest BCUT2D eigenvalue weighted by Crippen LogP contribution is 2.17. The Morgan fingerprint density at radius 1 is 1.19 bits per heavy atom. The fourth-order valence-electron chi connectivity index (χ4n) is 2.43. The summed E-state index contributed by atoms with van der Waals surface area (Å²) in [5.74, 6) is 1.75. The maximum atomic E-state index is 5.68. The van der Waals surface area contributed by atoms with E-state index in [-0.39, 0.29) is 6.10 Å². The summed E-state index contributed by atoms with van der Waals surface area (Å²) in [5, 5.41) is 7.73. The Balaban J connectivity index is 1.84. The van der Waals surface area contributed by atoms with Crippen LogP contribution in [0.15, 0.2) is 29.3 Å². The van der Waals surface area contributed by atoms with Crippen LogP contribution in [0.5, 0.6) is 5.75 Å². The first-order valence-corrected chi connectivity index (χ1v) is 10.00. The normalized spacial score (nSPS) is 11.7. The zero-order valence-electron chi connectivity index (χ0n) is 16.4. The number of hydrogen-bond donors (Lipinski definition) is 2. The number of rotatable bonds is 8. The summed E-state index contributed by atoms with van der Waals surface area (Å²) in [6.07, 6.45) is 1.13. The van der Waals surface area contributed by atoms with Crippen molar-refractivity contribution in [1.29, 1.82) is 0 Å². The van der Waals surface area contributed by atoms with Gasteiger partial charge in [-0.1, -0.05) is 12.1 Å². The molecule has 2 aromatic rings. The van der Waals surface area contributed by atoms with Crippen LogP contribution in [0.25, 0.3) is 0 Å². The summed E-state index contributed by atoms with van der Waals surface area (Å²) in [7, 11) is 0. The molecule has 1 aromatic carbocycles. The van der Waals surface area contributed by atoms with Crippen LogP contribution in [-0.2, 0) is 13.0 Å². The van der Waals surface area contributed by atoms with E-state index < -0.39 is 0 Å². The minimum absolute atomic E-state index is 0.201. The molecule has 0 bridgehead atoms. The molecule has 2 rings (SSSR count). The molecule has 5 nitrogen and oxygen atoms in total. The van der Waals surface area contributed by atoms with Crippen LogP contribution in [0, 0.1) is 13.8 Å². The Labute approximate surface area is 160 Å². The van der Waals surface area contributed by atoms with Gasteiger partial charge in [-0.05, 0) is 58.7 Å². The van der Waals surface area contributed by atoms with Gasteiger partial charge in [0.15, 0.2) is 5.96 Å². The molecule has 6 heteroatoms. The molecule has 0 spiro atoms. The summed E-state index contributed by atoms with van der Waals surface area (Å²) in [5.41, 5.74) is 2.37. The first-order chi connectivity index (χ1) is 12.5. The zero-order valence-corrected chi connectivity index (χ0v) is 17.2. The Bertz CT molecular complexity index is 688. The lowest BCUT2D eigenvalue weighted by molar-refractivity contribution is 0.242. The van der Waals surface area contributed by atoms with Gasteiger partial charge < -0.3 is 15.4 Å². The molecule has 0 saturated heterocycles. The highest BCUT2D eigenvalue weighted by Gasteiger charge is 2.04. The van der Waals surface area contributed by atoms with Gasteiger partial charge in [-0.15, -0.1) is 11.3 Å². The molecule has 1 heterocycles. The predicted molar refractivity (Wildman–Crippen MR) is 110 cm³/mol. The molecule has 142 valence electrons. The van der Waals surface area contributed by atoms with Crippen molar-refractivity contribution in [2.45, 2.75) is 53.7 Å². The SMILES string of the molecule is CCNC(=NCc1nc(C)c(C)s1)NCCc1ccc(OC(C)C)cc1. The lowest BCUT2D eigenvalue weighted by Gasteiger charge is -2.12. The topological polar surface area (TPSA) is 58.5 Å². The quantitative estimate of drug-likeness (QED) is 0.544. The van der Waals surface area contributed by atoms with Gasteiger partial charge in [-0.25, -0.2) is 9.98 Å². The van der Waals surface area contributed by atoms with Crippen molar-refractivity contribution in [3.63, 3.8) is 0 Å². The number of ether oxygens (including phenoxy) is 1. The second-order valence-corrected chi connectivity index (χ2v) is 7.72. The summed E-state index contributed by atoms with van der Waals surface area (Å²) in [6, 6.07) is 8.29. The Hall–Kier alpha value is -2.08. The van der Waals surface area contributed by atoms with Gasteiger partial charge in [0.05, 0.1) is 18.3 Å². The fraction of sp³-hybridized carbons (Fsp3) is 0.500. The van der Waals surface area contributed by atoms with Gasteiger partial charge in [-0.2, -0.15) is 0 Å². The number of guanidine groups is 1. The average molecular weight is 375 g/mol. The molecule has 0 unspecified atom stereocenters. The smallest absolute Gasteiger partial charge is 0.191 e. The molecule has 0 aliphatic rings. The lowest BCUT2D eigenvalue weighted by atomic mass is 10.1. The second-order valence-electron chi connectivity index (χ2n) is 6.43. The van der Waals surface area contributed by atoms with Crippen LogP contribution in [0.4, 0.5) is 0 Å². The van der Waals surface area contributed by atoms with Gasteiger partial charge in [0, 0.05) is 18.0 Å². The minimum Gasteiger partial charge on any atom is -0.491 e. The van der Waals surface area contributed by atoms with Gasteiger partial charge in [-0.3, -0.25) is 0 Å². The third kappa shape index (κ3) is 6.67. The van der Waals surface area contributed by atoms with Crippen molar-refractivity contribution in [3.05, 3.63) is 45.4 Å². The highest BCUT2D eigenvalue weighted by atomic mass is 32.1. The first-order valence-electron chi connectivity index (χ1n) is 9.18. The van der Waals surface area contributed by atoms with Crippen molar-refractivity contribution in [1.82, 2.24) is 15.6 Å². The molecule has 0 aliphatic carbocycles. The minimum atomic E-state index is 0.201.